The third-order valence-electron chi connectivity index (χ3n) is 2.71. The van der Waals surface area contributed by atoms with Crippen molar-refractivity contribution >= 4 is 22.9 Å². The Morgan fingerprint density at radius 2 is 2.24 bits per heavy atom. The first-order valence-electron chi connectivity index (χ1n) is 5.34. The van der Waals surface area contributed by atoms with Gasteiger partial charge >= 0.3 is 0 Å². The Morgan fingerprint density at radius 1 is 1.41 bits per heavy atom. The molecule has 1 aromatic heterocycles. The lowest BCUT2D eigenvalue weighted by Crippen LogP contribution is -2.18. The van der Waals surface area contributed by atoms with Crippen molar-refractivity contribution in [2.45, 2.75) is 12.5 Å². The molecule has 0 radical (unpaired) electrons. The second-order valence-corrected chi connectivity index (χ2v) is 5.04. The van der Waals surface area contributed by atoms with Crippen molar-refractivity contribution in [3.05, 3.63) is 57.0 Å². The lowest BCUT2D eigenvalue weighted by atomic mass is 10.0. The van der Waals surface area contributed by atoms with Crippen molar-refractivity contribution in [3.8, 4) is 0 Å². The predicted molar refractivity (Wildman–Crippen MR) is 71.2 cm³/mol. The number of halogens is 2. The van der Waals surface area contributed by atoms with E-state index in [0.29, 0.717) is 0 Å². The van der Waals surface area contributed by atoms with Crippen LogP contribution in [-0.2, 0) is 6.42 Å². The van der Waals surface area contributed by atoms with Crippen LogP contribution in [0.1, 0.15) is 17.2 Å². The van der Waals surface area contributed by atoms with Gasteiger partial charge in [0.2, 0.25) is 0 Å². The van der Waals surface area contributed by atoms with Gasteiger partial charge in [0.05, 0.1) is 5.02 Å². The Morgan fingerprint density at radius 3 is 2.82 bits per heavy atom. The molecule has 1 N–H and O–H groups in total. The molecule has 2 rings (SSSR count). The Bertz CT molecular complexity index is 484. The molecule has 90 valence electrons. The maximum atomic E-state index is 13.1. The van der Waals surface area contributed by atoms with Crippen molar-refractivity contribution < 1.29 is 4.39 Å². The van der Waals surface area contributed by atoms with Gasteiger partial charge in [0.25, 0.3) is 0 Å². The van der Waals surface area contributed by atoms with Gasteiger partial charge in [0.1, 0.15) is 5.82 Å². The summed E-state index contributed by atoms with van der Waals surface area (Å²) in [4.78, 5) is 0. The molecule has 1 heterocycles. The molecule has 0 saturated heterocycles. The van der Waals surface area contributed by atoms with Gasteiger partial charge in [-0.1, -0.05) is 17.7 Å². The van der Waals surface area contributed by atoms with Crippen LogP contribution in [0.15, 0.2) is 35.0 Å². The Balaban J connectivity index is 2.20. The summed E-state index contributed by atoms with van der Waals surface area (Å²) in [7, 11) is 1.90. The lowest BCUT2D eigenvalue weighted by Gasteiger charge is -2.16. The molecule has 0 aliphatic heterocycles. The van der Waals surface area contributed by atoms with E-state index in [0.717, 1.165) is 12.0 Å². The van der Waals surface area contributed by atoms with E-state index in [1.165, 1.54) is 11.6 Å². The summed E-state index contributed by atoms with van der Waals surface area (Å²) < 4.78 is 13.1. The third-order valence-corrected chi connectivity index (χ3v) is 3.74. The zero-order chi connectivity index (χ0) is 12.3. The summed E-state index contributed by atoms with van der Waals surface area (Å²) in [6.07, 6.45) is 0.877. The summed E-state index contributed by atoms with van der Waals surface area (Å²) in [5.41, 5.74) is 2.28. The maximum Gasteiger partial charge on any atom is 0.141 e. The van der Waals surface area contributed by atoms with E-state index in [4.69, 9.17) is 11.6 Å². The summed E-state index contributed by atoms with van der Waals surface area (Å²) >= 11 is 7.48. The van der Waals surface area contributed by atoms with E-state index in [9.17, 15) is 4.39 Å². The normalized spacial score (nSPS) is 12.6. The highest BCUT2D eigenvalue weighted by atomic mass is 35.5. The van der Waals surface area contributed by atoms with Gasteiger partial charge in [-0.05, 0) is 53.6 Å². The van der Waals surface area contributed by atoms with Crippen LogP contribution in [0.25, 0.3) is 0 Å². The first kappa shape index (κ1) is 12.6. The predicted octanol–water partition coefficient (Wildman–Crippen LogP) is 4.04. The average Bonchev–Trinajstić information content (AvgIpc) is 2.82. The highest BCUT2D eigenvalue weighted by molar-refractivity contribution is 7.07. The first-order chi connectivity index (χ1) is 8.20. The molecule has 17 heavy (non-hydrogen) atoms. The van der Waals surface area contributed by atoms with Gasteiger partial charge in [-0.15, -0.1) is 0 Å². The van der Waals surface area contributed by atoms with E-state index in [2.05, 4.69) is 22.1 Å². The second kappa shape index (κ2) is 5.63. The SMILES string of the molecule is CNC(Cc1ccsc1)c1ccc(F)c(Cl)c1. The molecule has 1 unspecified atom stereocenters. The molecule has 2 aromatic rings. The second-order valence-electron chi connectivity index (χ2n) is 3.85. The Hall–Kier alpha value is -0.900. The third kappa shape index (κ3) is 3.06. The van der Waals surface area contributed by atoms with Gasteiger partial charge < -0.3 is 5.32 Å². The molecule has 0 saturated carbocycles. The minimum absolute atomic E-state index is 0.155. The number of nitrogens with one attached hydrogen (secondary N) is 1. The minimum Gasteiger partial charge on any atom is -0.313 e. The number of hydrogen-bond donors (Lipinski definition) is 1. The maximum absolute atomic E-state index is 13.1. The fourth-order valence-corrected chi connectivity index (χ4v) is 2.63. The van der Waals surface area contributed by atoms with Crippen molar-refractivity contribution in [1.82, 2.24) is 5.32 Å². The van der Waals surface area contributed by atoms with E-state index in [-0.39, 0.29) is 16.9 Å². The van der Waals surface area contributed by atoms with Crippen LogP contribution < -0.4 is 5.32 Å². The monoisotopic (exact) mass is 269 g/mol. The Labute approximate surface area is 109 Å². The highest BCUT2D eigenvalue weighted by Gasteiger charge is 2.12. The standard InChI is InChI=1S/C13H13ClFNS/c1-16-13(6-9-4-5-17-8-9)10-2-3-12(15)11(14)7-10/h2-5,7-8,13,16H,6H2,1H3. The molecular weight excluding hydrogens is 257 g/mol. The van der Waals surface area contributed by atoms with Crippen molar-refractivity contribution in [2.24, 2.45) is 0 Å². The molecule has 0 bridgehead atoms. The van der Waals surface area contributed by atoms with Crippen LogP contribution in [-0.4, -0.2) is 7.05 Å². The van der Waals surface area contributed by atoms with Crippen molar-refractivity contribution in [2.75, 3.05) is 7.05 Å². The van der Waals surface area contributed by atoms with Crippen LogP contribution in [0.3, 0.4) is 0 Å². The van der Waals surface area contributed by atoms with E-state index < -0.39 is 0 Å². The smallest absolute Gasteiger partial charge is 0.141 e. The van der Waals surface area contributed by atoms with Crippen LogP contribution in [0.2, 0.25) is 5.02 Å². The number of hydrogen-bond acceptors (Lipinski definition) is 2. The van der Waals surface area contributed by atoms with Crippen LogP contribution in [0.5, 0.6) is 0 Å². The fourth-order valence-electron chi connectivity index (χ4n) is 1.76. The molecule has 0 amide bonds. The number of likely N-dealkylation sites (N-methyl/N-ethyl adjacent to an activating group) is 1. The van der Waals surface area contributed by atoms with E-state index in [1.54, 1.807) is 23.5 Å². The molecule has 0 aliphatic rings. The van der Waals surface area contributed by atoms with Gasteiger partial charge in [-0.25, -0.2) is 4.39 Å². The van der Waals surface area contributed by atoms with Crippen LogP contribution >= 0.6 is 22.9 Å². The molecule has 4 heteroatoms. The molecule has 0 spiro atoms. The largest absolute Gasteiger partial charge is 0.313 e. The fraction of sp³-hybridized carbons (Fsp3) is 0.231. The van der Waals surface area contributed by atoms with Crippen LogP contribution in [0, 0.1) is 5.82 Å². The number of thiophene rings is 1. The topological polar surface area (TPSA) is 12.0 Å². The molecule has 1 nitrogen and oxygen atoms in total. The lowest BCUT2D eigenvalue weighted by molar-refractivity contribution is 0.587. The average molecular weight is 270 g/mol. The number of benzene rings is 1. The molecule has 0 fully saturated rings. The molecule has 0 aliphatic carbocycles. The highest BCUT2D eigenvalue weighted by Crippen LogP contribution is 2.24. The number of rotatable bonds is 4. The first-order valence-corrected chi connectivity index (χ1v) is 6.66. The van der Waals surface area contributed by atoms with Gasteiger partial charge in [-0.2, -0.15) is 11.3 Å². The van der Waals surface area contributed by atoms with Crippen LogP contribution in [0.4, 0.5) is 4.39 Å². The van der Waals surface area contributed by atoms with Crippen molar-refractivity contribution in [1.29, 1.82) is 0 Å². The molecule has 1 aromatic carbocycles. The minimum atomic E-state index is -0.374. The summed E-state index contributed by atoms with van der Waals surface area (Å²) in [5.74, 6) is -0.374. The quantitative estimate of drug-likeness (QED) is 0.883. The molecular formula is C13H13ClFNS. The zero-order valence-corrected chi connectivity index (χ0v) is 11.0. The Kier molecular flexibility index (Phi) is 4.15. The summed E-state index contributed by atoms with van der Waals surface area (Å²) in [5, 5.41) is 7.58. The van der Waals surface area contributed by atoms with Gasteiger partial charge in [-0.3, -0.25) is 0 Å². The van der Waals surface area contributed by atoms with E-state index >= 15 is 0 Å². The molecule has 1 atom stereocenters. The zero-order valence-electron chi connectivity index (χ0n) is 9.41. The summed E-state index contributed by atoms with van der Waals surface area (Å²) in [6.45, 7) is 0. The van der Waals surface area contributed by atoms with E-state index in [1.807, 2.05) is 7.05 Å². The van der Waals surface area contributed by atoms with Gasteiger partial charge in [0, 0.05) is 6.04 Å². The van der Waals surface area contributed by atoms with Gasteiger partial charge in [0.15, 0.2) is 0 Å². The van der Waals surface area contributed by atoms with Crippen molar-refractivity contribution in [3.63, 3.8) is 0 Å². The summed E-state index contributed by atoms with van der Waals surface area (Å²) in [6, 6.07) is 7.12.